The Morgan fingerprint density at radius 3 is 3.14 bits per heavy atom. The Hall–Kier alpha value is -1.06. The van der Waals surface area contributed by atoms with Gasteiger partial charge in [-0.2, -0.15) is 0 Å². The molecule has 2 fully saturated rings. The molecule has 3 heteroatoms. The first-order valence-electron chi connectivity index (χ1n) is 8.59. The van der Waals surface area contributed by atoms with Crippen molar-refractivity contribution in [3.05, 3.63) is 29.3 Å². The summed E-state index contributed by atoms with van der Waals surface area (Å²) in [5.41, 5.74) is 2.88. The molecule has 114 valence electrons. The number of fused-ring (bicyclic) bond motifs is 1. The minimum atomic E-state index is 0.751. The number of nitrogens with zero attached hydrogens (tertiary/aromatic N) is 1. The Kier molecular flexibility index (Phi) is 3.87. The summed E-state index contributed by atoms with van der Waals surface area (Å²) in [5, 5.41) is 3.75. The van der Waals surface area contributed by atoms with Crippen LogP contribution in [0.4, 0.5) is 0 Å². The van der Waals surface area contributed by atoms with E-state index in [2.05, 4.69) is 28.4 Å². The third-order valence-corrected chi connectivity index (χ3v) is 5.17. The molecular formula is C18H26N2O. The maximum absolute atomic E-state index is 5.59. The summed E-state index contributed by atoms with van der Waals surface area (Å²) in [6.45, 7) is 5.76. The highest BCUT2D eigenvalue weighted by Crippen LogP contribution is 2.33. The molecule has 1 aromatic rings. The van der Waals surface area contributed by atoms with Crippen molar-refractivity contribution in [2.45, 2.75) is 38.1 Å². The molecule has 0 radical (unpaired) electrons. The number of hydrogen-bond donors (Lipinski definition) is 1. The molecule has 3 aliphatic rings. The first kappa shape index (κ1) is 13.6. The molecule has 1 unspecified atom stereocenters. The zero-order valence-electron chi connectivity index (χ0n) is 12.8. The molecule has 1 atom stereocenters. The first-order chi connectivity index (χ1) is 10.4. The van der Waals surface area contributed by atoms with Crippen LogP contribution in [0.1, 0.15) is 30.4 Å². The Labute approximate surface area is 127 Å². The molecule has 21 heavy (non-hydrogen) atoms. The average Bonchev–Trinajstić information content (AvgIpc) is 3.27. The zero-order chi connectivity index (χ0) is 14.1. The maximum atomic E-state index is 5.59. The lowest BCUT2D eigenvalue weighted by molar-refractivity contribution is 0.261. The van der Waals surface area contributed by atoms with Crippen LogP contribution in [-0.4, -0.2) is 43.7 Å². The second-order valence-corrected chi connectivity index (χ2v) is 6.84. The monoisotopic (exact) mass is 286 g/mol. The third-order valence-electron chi connectivity index (χ3n) is 5.17. The van der Waals surface area contributed by atoms with Gasteiger partial charge >= 0.3 is 0 Å². The fourth-order valence-electron chi connectivity index (χ4n) is 3.72. The lowest BCUT2D eigenvalue weighted by Crippen LogP contribution is -2.39. The van der Waals surface area contributed by atoms with E-state index in [1.165, 1.54) is 63.0 Å². The zero-order valence-corrected chi connectivity index (χ0v) is 12.8. The SMILES string of the molecule is c1cc2c(cc1CCN1CCCNC(C3CC3)C1)CCO2. The van der Waals surface area contributed by atoms with Crippen molar-refractivity contribution < 1.29 is 4.74 Å². The summed E-state index contributed by atoms with van der Waals surface area (Å²) < 4.78 is 5.59. The van der Waals surface area contributed by atoms with Crippen LogP contribution in [0.2, 0.25) is 0 Å². The quantitative estimate of drug-likeness (QED) is 0.918. The van der Waals surface area contributed by atoms with Crippen molar-refractivity contribution >= 4 is 0 Å². The number of hydrogen-bond acceptors (Lipinski definition) is 3. The Morgan fingerprint density at radius 1 is 1.29 bits per heavy atom. The molecule has 1 N–H and O–H groups in total. The summed E-state index contributed by atoms with van der Waals surface area (Å²) in [5.74, 6) is 2.06. The van der Waals surface area contributed by atoms with Gasteiger partial charge in [-0.05, 0) is 61.9 Å². The lowest BCUT2D eigenvalue weighted by atomic mass is 10.1. The standard InChI is InChI=1S/C18H26N2O/c1-8-19-17(15-3-4-15)13-20(9-1)10-6-14-2-5-18-16(12-14)7-11-21-18/h2,5,12,15,17,19H,1,3-4,6-11,13H2. The van der Waals surface area contributed by atoms with Gasteiger partial charge in [0.25, 0.3) is 0 Å². The lowest BCUT2D eigenvalue weighted by Gasteiger charge is -2.24. The molecule has 1 aliphatic carbocycles. The Balaban J connectivity index is 1.34. The normalized spacial score (nSPS) is 26.2. The summed E-state index contributed by atoms with van der Waals surface area (Å²) in [4.78, 5) is 2.67. The van der Waals surface area contributed by atoms with E-state index in [0.29, 0.717) is 0 Å². The molecule has 3 nitrogen and oxygen atoms in total. The molecule has 0 amide bonds. The molecule has 1 saturated carbocycles. The van der Waals surface area contributed by atoms with Gasteiger partial charge in [-0.1, -0.05) is 12.1 Å². The second kappa shape index (κ2) is 5.98. The highest BCUT2D eigenvalue weighted by Gasteiger charge is 2.32. The number of rotatable bonds is 4. The topological polar surface area (TPSA) is 24.5 Å². The van der Waals surface area contributed by atoms with Crippen LogP contribution in [-0.2, 0) is 12.8 Å². The van der Waals surface area contributed by atoms with Gasteiger partial charge in [0.2, 0.25) is 0 Å². The predicted molar refractivity (Wildman–Crippen MR) is 84.9 cm³/mol. The van der Waals surface area contributed by atoms with Gasteiger partial charge in [0, 0.05) is 25.6 Å². The van der Waals surface area contributed by atoms with E-state index in [1.807, 2.05) is 0 Å². The van der Waals surface area contributed by atoms with Crippen LogP contribution >= 0.6 is 0 Å². The van der Waals surface area contributed by atoms with Gasteiger partial charge in [0.1, 0.15) is 5.75 Å². The van der Waals surface area contributed by atoms with Gasteiger partial charge in [0.05, 0.1) is 6.61 Å². The van der Waals surface area contributed by atoms with Gasteiger partial charge in [-0.3, -0.25) is 0 Å². The van der Waals surface area contributed by atoms with Crippen molar-refractivity contribution in [1.29, 1.82) is 0 Å². The van der Waals surface area contributed by atoms with E-state index in [0.717, 1.165) is 30.7 Å². The largest absolute Gasteiger partial charge is 0.493 e. The van der Waals surface area contributed by atoms with Crippen LogP contribution < -0.4 is 10.1 Å². The average molecular weight is 286 g/mol. The summed E-state index contributed by atoms with van der Waals surface area (Å²) in [6.07, 6.45) is 6.43. The fourth-order valence-corrected chi connectivity index (χ4v) is 3.72. The van der Waals surface area contributed by atoms with Crippen molar-refractivity contribution in [3.8, 4) is 5.75 Å². The summed E-state index contributed by atoms with van der Waals surface area (Å²) in [7, 11) is 0. The minimum Gasteiger partial charge on any atom is -0.493 e. The number of benzene rings is 1. The van der Waals surface area contributed by atoms with Crippen LogP contribution in [0.15, 0.2) is 18.2 Å². The van der Waals surface area contributed by atoms with E-state index in [1.54, 1.807) is 0 Å². The second-order valence-electron chi connectivity index (χ2n) is 6.84. The molecule has 1 saturated heterocycles. The van der Waals surface area contributed by atoms with E-state index < -0.39 is 0 Å². The Bertz CT molecular complexity index is 498. The molecule has 0 spiro atoms. The predicted octanol–water partition coefficient (Wildman–Crippen LogP) is 2.24. The minimum absolute atomic E-state index is 0.751. The Morgan fingerprint density at radius 2 is 2.24 bits per heavy atom. The number of nitrogens with one attached hydrogen (secondary N) is 1. The van der Waals surface area contributed by atoms with Crippen molar-refractivity contribution in [2.75, 3.05) is 32.8 Å². The van der Waals surface area contributed by atoms with Crippen molar-refractivity contribution in [1.82, 2.24) is 10.2 Å². The van der Waals surface area contributed by atoms with E-state index in [9.17, 15) is 0 Å². The van der Waals surface area contributed by atoms with E-state index in [4.69, 9.17) is 4.74 Å². The molecule has 2 aliphatic heterocycles. The number of ether oxygens (including phenoxy) is 1. The van der Waals surface area contributed by atoms with Crippen LogP contribution in [0, 0.1) is 5.92 Å². The molecule has 1 aromatic carbocycles. The van der Waals surface area contributed by atoms with Gasteiger partial charge in [-0.15, -0.1) is 0 Å². The van der Waals surface area contributed by atoms with Gasteiger partial charge < -0.3 is 15.0 Å². The first-order valence-corrected chi connectivity index (χ1v) is 8.59. The smallest absolute Gasteiger partial charge is 0.122 e. The molecule has 0 aromatic heterocycles. The highest BCUT2D eigenvalue weighted by molar-refractivity contribution is 5.39. The van der Waals surface area contributed by atoms with Crippen LogP contribution in [0.5, 0.6) is 5.75 Å². The van der Waals surface area contributed by atoms with Crippen molar-refractivity contribution in [3.63, 3.8) is 0 Å². The molecule has 2 heterocycles. The fraction of sp³-hybridized carbons (Fsp3) is 0.667. The summed E-state index contributed by atoms with van der Waals surface area (Å²) in [6, 6.07) is 7.52. The third kappa shape index (κ3) is 3.24. The van der Waals surface area contributed by atoms with Crippen molar-refractivity contribution in [2.24, 2.45) is 5.92 Å². The molecule has 0 bridgehead atoms. The van der Waals surface area contributed by atoms with Crippen LogP contribution in [0.3, 0.4) is 0 Å². The summed E-state index contributed by atoms with van der Waals surface area (Å²) >= 11 is 0. The van der Waals surface area contributed by atoms with Crippen LogP contribution in [0.25, 0.3) is 0 Å². The molecule has 4 rings (SSSR count). The van der Waals surface area contributed by atoms with Gasteiger partial charge in [0.15, 0.2) is 0 Å². The van der Waals surface area contributed by atoms with E-state index in [-0.39, 0.29) is 0 Å². The van der Waals surface area contributed by atoms with Gasteiger partial charge in [-0.25, -0.2) is 0 Å². The van der Waals surface area contributed by atoms with E-state index >= 15 is 0 Å². The highest BCUT2D eigenvalue weighted by atomic mass is 16.5. The maximum Gasteiger partial charge on any atom is 0.122 e. The molecular weight excluding hydrogens is 260 g/mol.